The molecule has 0 radical (unpaired) electrons. The molecule has 138 valence electrons. The highest BCUT2D eigenvalue weighted by Crippen LogP contribution is 2.25. The highest BCUT2D eigenvalue weighted by molar-refractivity contribution is 5.83. The molecular formula is C22H28N2O2. The lowest BCUT2D eigenvalue weighted by atomic mass is 9.87. The summed E-state index contributed by atoms with van der Waals surface area (Å²) in [5.41, 5.74) is 8.03. The third kappa shape index (κ3) is 5.19. The van der Waals surface area contributed by atoms with Crippen LogP contribution in [-0.2, 0) is 10.2 Å². The maximum Gasteiger partial charge on any atom is 0.277 e. The normalized spacial score (nSPS) is 11.6. The quantitative estimate of drug-likeness (QED) is 0.639. The first kappa shape index (κ1) is 19.7. The Bertz CT molecular complexity index is 800. The number of hydrogen-bond donors (Lipinski definition) is 1. The minimum absolute atomic E-state index is 0.0641. The number of nitrogens with zero attached hydrogens (tertiary/aromatic N) is 1. The van der Waals surface area contributed by atoms with Gasteiger partial charge in [-0.15, -0.1) is 0 Å². The summed E-state index contributed by atoms with van der Waals surface area (Å²) in [7, 11) is 0. The van der Waals surface area contributed by atoms with E-state index in [2.05, 4.69) is 43.4 Å². The van der Waals surface area contributed by atoms with Gasteiger partial charge < -0.3 is 4.74 Å². The van der Waals surface area contributed by atoms with Gasteiger partial charge in [-0.2, -0.15) is 5.10 Å². The number of hydrogen-bond acceptors (Lipinski definition) is 3. The molecule has 0 unspecified atom stereocenters. The highest BCUT2D eigenvalue weighted by Gasteiger charge is 2.12. The van der Waals surface area contributed by atoms with Crippen LogP contribution < -0.4 is 10.2 Å². The van der Waals surface area contributed by atoms with Gasteiger partial charge in [0.05, 0.1) is 6.21 Å². The number of nitrogens with one attached hydrogen (secondary N) is 1. The number of aryl methyl sites for hydroxylation is 2. The van der Waals surface area contributed by atoms with Crippen LogP contribution in [0, 0.1) is 20.8 Å². The first-order valence-corrected chi connectivity index (χ1v) is 8.80. The van der Waals surface area contributed by atoms with E-state index < -0.39 is 0 Å². The summed E-state index contributed by atoms with van der Waals surface area (Å²) >= 11 is 0. The van der Waals surface area contributed by atoms with Crippen LogP contribution in [0.3, 0.4) is 0 Å². The van der Waals surface area contributed by atoms with Crippen molar-refractivity contribution >= 4 is 12.1 Å². The van der Waals surface area contributed by atoms with Gasteiger partial charge in [-0.3, -0.25) is 4.79 Å². The van der Waals surface area contributed by atoms with Crippen molar-refractivity contribution in [3.05, 3.63) is 64.2 Å². The molecule has 0 atom stereocenters. The van der Waals surface area contributed by atoms with Crippen molar-refractivity contribution in [2.75, 3.05) is 6.61 Å². The van der Waals surface area contributed by atoms with Gasteiger partial charge in [0, 0.05) is 0 Å². The summed E-state index contributed by atoms with van der Waals surface area (Å²) in [6, 6.07) is 12.2. The third-order valence-corrected chi connectivity index (χ3v) is 4.40. The SMILES string of the molecule is Cc1ccc(C)c(OCC(=O)N/N=C\c2ccc(C(C)(C)C)cc2)c1C. The van der Waals surface area contributed by atoms with Gasteiger partial charge in [-0.25, -0.2) is 5.43 Å². The molecule has 0 aliphatic rings. The van der Waals surface area contributed by atoms with Crippen LogP contribution in [0.4, 0.5) is 0 Å². The molecule has 0 bridgehead atoms. The fourth-order valence-electron chi connectivity index (χ4n) is 2.57. The minimum Gasteiger partial charge on any atom is -0.483 e. The smallest absolute Gasteiger partial charge is 0.277 e. The van der Waals surface area contributed by atoms with Crippen molar-refractivity contribution in [3.63, 3.8) is 0 Å². The van der Waals surface area contributed by atoms with Gasteiger partial charge in [0.2, 0.25) is 0 Å². The molecule has 4 nitrogen and oxygen atoms in total. The van der Waals surface area contributed by atoms with Crippen molar-refractivity contribution in [1.82, 2.24) is 5.43 Å². The molecule has 0 aromatic heterocycles. The van der Waals surface area contributed by atoms with E-state index in [4.69, 9.17) is 4.74 Å². The summed E-state index contributed by atoms with van der Waals surface area (Å²) in [5.74, 6) is 0.481. The average molecular weight is 352 g/mol. The predicted octanol–water partition coefficient (Wildman–Crippen LogP) is 4.44. The van der Waals surface area contributed by atoms with Crippen molar-refractivity contribution in [3.8, 4) is 5.75 Å². The lowest BCUT2D eigenvalue weighted by Gasteiger charge is -2.18. The fourth-order valence-corrected chi connectivity index (χ4v) is 2.57. The second-order valence-corrected chi connectivity index (χ2v) is 7.61. The van der Waals surface area contributed by atoms with Gasteiger partial charge in [-0.05, 0) is 54.0 Å². The van der Waals surface area contributed by atoms with Crippen molar-refractivity contribution < 1.29 is 9.53 Å². The molecule has 0 heterocycles. The number of carbonyl (C=O) groups excluding carboxylic acids is 1. The van der Waals surface area contributed by atoms with E-state index >= 15 is 0 Å². The molecule has 2 aromatic rings. The Labute approximate surface area is 156 Å². The summed E-state index contributed by atoms with van der Waals surface area (Å²) in [6.45, 7) is 12.5. The number of amides is 1. The molecule has 0 saturated carbocycles. The monoisotopic (exact) mass is 352 g/mol. The Hall–Kier alpha value is -2.62. The lowest BCUT2D eigenvalue weighted by Crippen LogP contribution is -2.25. The van der Waals surface area contributed by atoms with E-state index in [1.807, 2.05) is 45.0 Å². The maximum atomic E-state index is 11.9. The van der Waals surface area contributed by atoms with Crippen LogP contribution in [0.1, 0.15) is 48.6 Å². The summed E-state index contributed by atoms with van der Waals surface area (Å²) < 4.78 is 5.68. The van der Waals surface area contributed by atoms with Gasteiger partial charge in [-0.1, -0.05) is 57.2 Å². The van der Waals surface area contributed by atoms with Crippen LogP contribution in [0.2, 0.25) is 0 Å². The topological polar surface area (TPSA) is 50.7 Å². The highest BCUT2D eigenvalue weighted by atomic mass is 16.5. The number of rotatable bonds is 5. The zero-order chi connectivity index (χ0) is 19.3. The lowest BCUT2D eigenvalue weighted by molar-refractivity contribution is -0.123. The molecule has 0 saturated heterocycles. The molecule has 0 spiro atoms. The number of benzene rings is 2. The van der Waals surface area contributed by atoms with E-state index in [0.717, 1.165) is 28.0 Å². The molecule has 2 aromatic carbocycles. The Kier molecular flexibility index (Phi) is 6.19. The Morgan fingerprint density at radius 1 is 1.04 bits per heavy atom. The zero-order valence-corrected chi connectivity index (χ0v) is 16.5. The van der Waals surface area contributed by atoms with Crippen molar-refractivity contribution in [1.29, 1.82) is 0 Å². The third-order valence-electron chi connectivity index (χ3n) is 4.40. The minimum atomic E-state index is -0.284. The van der Waals surface area contributed by atoms with Gasteiger partial charge in [0.1, 0.15) is 5.75 Å². The summed E-state index contributed by atoms with van der Waals surface area (Å²) in [4.78, 5) is 11.9. The maximum absolute atomic E-state index is 11.9. The number of ether oxygens (including phenoxy) is 1. The Morgan fingerprint density at radius 2 is 1.65 bits per heavy atom. The van der Waals surface area contributed by atoms with Crippen LogP contribution in [0.15, 0.2) is 41.5 Å². The molecule has 4 heteroatoms. The molecule has 1 N–H and O–H groups in total. The fraction of sp³-hybridized carbons (Fsp3) is 0.364. The van der Waals surface area contributed by atoms with E-state index in [1.54, 1.807) is 6.21 Å². The number of carbonyl (C=O) groups is 1. The van der Waals surface area contributed by atoms with E-state index in [-0.39, 0.29) is 17.9 Å². The van der Waals surface area contributed by atoms with Crippen molar-refractivity contribution in [2.45, 2.75) is 47.0 Å². The van der Waals surface area contributed by atoms with Crippen molar-refractivity contribution in [2.24, 2.45) is 5.10 Å². The molecule has 2 rings (SSSR count). The van der Waals surface area contributed by atoms with Crippen LogP contribution in [0.5, 0.6) is 5.75 Å². The largest absolute Gasteiger partial charge is 0.483 e. The molecule has 0 aliphatic heterocycles. The molecule has 0 fully saturated rings. The van der Waals surface area contributed by atoms with Crippen LogP contribution >= 0.6 is 0 Å². The standard InChI is InChI=1S/C22H28N2O2/c1-15-7-8-16(2)21(17(15)3)26-14-20(25)24-23-13-18-9-11-19(12-10-18)22(4,5)6/h7-13H,14H2,1-6H3,(H,24,25)/b23-13-. The Balaban J connectivity index is 1.89. The molecule has 1 amide bonds. The predicted molar refractivity (Wildman–Crippen MR) is 107 cm³/mol. The summed E-state index contributed by atoms with van der Waals surface area (Å²) in [6.07, 6.45) is 1.63. The Morgan fingerprint density at radius 3 is 2.27 bits per heavy atom. The van der Waals surface area contributed by atoms with Crippen LogP contribution in [0.25, 0.3) is 0 Å². The average Bonchev–Trinajstić information content (AvgIpc) is 2.58. The van der Waals surface area contributed by atoms with Gasteiger partial charge in [0.25, 0.3) is 5.91 Å². The van der Waals surface area contributed by atoms with E-state index in [0.29, 0.717) is 0 Å². The zero-order valence-electron chi connectivity index (χ0n) is 16.5. The molecule has 26 heavy (non-hydrogen) atoms. The van der Waals surface area contributed by atoms with Gasteiger partial charge in [0.15, 0.2) is 6.61 Å². The first-order chi connectivity index (χ1) is 12.2. The van der Waals surface area contributed by atoms with E-state index in [9.17, 15) is 4.79 Å². The molecule has 0 aliphatic carbocycles. The second kappa shape index (κ2) is 8.17. The van der Waals surface area contributed by atoms with Gasteiger partial charge >= 0.3 is 0 Å². The summed E-state index contributed by atoms with van der Waals surface area (Å²) in [5, 5.41) is 4.00. The molecular weight excluding hydrogens is 324 g/mol. The van der Waals surface area contributed by atoms with Crippen LogP contribution in [-0.4, -0.2) is 18.7 Å². The second-order valence-electron chi connectivity index (χ2n) is 7.61. The number of hydrazone groups is 1. The van der Waals surface area contributed by atoms with E-state index in [1.165, 1.54) is 5.56 Å². The first-order valence-electron chi connectivity index (χ1n) is 8.80.